The van der Waals surface area contributed by atoms with Crippen molar-refractivity contribution in [3.63, 3.8) is 0 Å². The van der Waals surface area contributed by atoms with Crippen molar-refractivity contribution in [2.24, 2.45) is 0 Å². The first kappa shape index (κ1) is 12.6. The molecule has 0 aromatic carbocycles. The summed E-state index contributed by atoms with van der Waals surface area (Å²) in [6.07, 6.45) is 4.70. The summed E-state index contributed by atoms with van der Waals surface area (Å²) >= 11 is 0. The highest BCUT2D eigenvalue weighted by Crippen LogP contribution is 2.19. The molecule has 0 N–H and O–H groups in total. The maximum absolute atomic E-state index is 11.4. The Morgan fingerprint density at radius 3 is 2.72 bits per heavy atom. The first-order chi connectivity index (χ1) is 8.61. The maximum Gasteiger partial charge on any atom is 0.330 e. The van der Waals surface area contributed by atoms with Crippen LogP contribution in [0.1, 0.15) is 25.8 Å². The summed E-state index contributed by atoms with van der Waals surface area (Å²) in [5.74, 6) is -0.0138. The minimum atomic E-state index is -0.435. The lowest BCUT2D eigenvalue weighted by molar-refractivity contribution is -0.144. The number of ketones is 1. The molecule has 1 aromatic rings. The van der Waals surface area contributed by atoms with Crippen molar-refractivity contribution in [1.29, 1.82) is 0 Å². The minimum absolute atomic E-state index is 0.307. The number of esters is 1. The first-order valence-electron chi connectivity index (χ1n) is 6.00. The van der Waals surface area contributed by atoms with Gasteiger partial charge in [-0.3, -0.25) is 9.48 Å². The third-order valence-corrected chi connectivity index (χ3v) is 3.21. The highest BCUT2D eigenvalue weighted by molar-refractivity contribution is 5.81. The molecule has 6 nitrogen and oxygen atoms in total. The number of nitrogens with zero attached hydrogens (tertiary/aromatic N) is 3. The topological polar surface area (TPSA) is 64.4 Å². The Labute approximate surface area is 106 Å². The zero-order valence-corrected chi connectivity index (χ0v) is 10.6. The fourth-order valence-corrected chi connectivity index (χ4v) is 2.00. The summed E-state index contributed by atoms with van der Waals surface area (Å²) < 4.78 is 6.26. The quantitative estimate of drug-likeness (QED) is 0.743. The van der Waals surface area contributed by atoms with Crippen LogP contribution in [0.25, 0.3) is 0 Å². The Morgan fingerprint density at radius 1 is 1.44 bits per heavy atom. The molecule has 1 fully saturated rings. The van der Waals surface area contributed by atoms with E-state index >= 15 is 0 Å². The minimum Gasteiger partial charge on any atom is -0.467 e. The van der Waals surface area contributed by atoms with Gasteiger partial charge in [-0.15, -0.1) is 0 Å². The number of hydrogen-bond acceptors (Lipinski definition) is 5. The molecule has 18 heavy (non-hydrogen) atoms. The summed E-state index contributed by atoms with van der Waals surface area (Å²) in [7, 11) is 1.36. The van der Waals surface area contributed by atoms with Gasteiger partial charge >= 0.3 is 5.97 Å². The SMILES string of the molecule is COC(=O)[C@@H](C)n1cc(N2CCC(=O)CC2)cn1. The van der Waals surface area contributed by atoms with E-state index in [2.05, 4.69) is 14.7 Å². The fraction of sp³-hybridized carbons (Fsp3) is 0.583. The van der Waals surface area contributed by atoms with Gasteiger partial charge in [0.25, 0.3) is 0 Å². The summed E-state index contributed by atoms with van der Waals surface area (Å²) in [5, 5.41) is 4.17. The molecule has 1 aliphatic rings. The van der Waals surface area contributed by atoms with Crippen LogP contribution in [0.3, 0.4) is 0 Å². The average molecular weight is 251 g/mol. The monoisotopic (exact) mass is 251 g/mol. The van der Waals surface area contributed by atoms with Crippen LogP contribution in [0.15, 0.2) is 12.4 Å². The molecular weight excluding hydrogens is 234 g/mol. The zero-order chi connectivity index (χ0) is 13.1. The number of carbonyl (C=O) groups is 2. The smallest absolute Gasteiger partial charge is 0.330 e. The van der Waals surface area contributed by atoms with Gasteiger partial charge in [0.1, 0.15) is 11.8 Å². The Bertz CT molecular complexity index is 445. The van der Waals surface area contributed by atoms with Crippen molar-refractivity contribution >= 4 is 17.4 Å². The molecule has 2 heterocycles. The van der Waals surface area contributed by atoms with E-state index in [9.17, 15) is 9.59 Å². The zero-order valence-electron chi connectivity index (χ0n) is 10.6. The normalized spacial score (nSPS) is 17.7. The van der Waals surface area contributed by atoms with E-state index in [1.807, 2.05) is 6.20 Å². The Kier molecular flexibility index (Phi) is 3.64. The maximum atomic E-state index is 11.4. The van der Waals surface area contributed by atoms with Gasteiger partial charge in [0.05, 0.1) is 19.0 Å². The van der Waals surface area contributed by atoms with Crippen LogP contribution in [0.5, 0.6) is 0 Å². The van der Waals surface area contributed by atoms with Crippen LogP contribution in [0.4, 0.5) is 5.69 Å². The van der Waals surface area contributed by atoms with Gasteiger partial charge in [-0.2, -0.15) is 5.10 Å². The van der Waals surface area contributed by atoms with E-state index in [-0.39, 0.29) is 5.97 Å². The van der Waals surface area contributed by atoms with E-state index in [0.717, 1.165) is 18.8 Å². The number of methoxy groups -OCH3 is 1. The van der Waals surface area contributed by atoms with Crippen molar-refractivity contribution in [2.45, 2.75) is 25.8 Å². The van der Waals surface area contributed by atoms with E-state index in [0.29, 0.717) is 18.6 Å². The third kappa shape index (κ3) is 2.52. The number of aromatic nitrogens is 2. The van der Waals surface area contributed by atoms with Crippen molar-refractivity contribution in [1.82, 2.24) is 9.78 Å². The molecule has 0 spiro atoms. The molecule has 0 radical (unpaired) electrons. The molecule has 1 aliphatic heterocycles. The van der Waals surface area contributed by atoms with Gasteiger partial charge < -0.3 is 9.64 Å². The van der Waals surface area contributed by atoms with Gasteiger partial charge in [0, 0.05) is 32.1 Å². The first-order valence-corrected chi connectivity index (χ1v) is 6.00. The molecule has 0 saturated carbocycles. The number of anilines is 1. The van der Waals surface area contributed by atoms with Crippen LogP contribution >= 0.6 is 0 Å². The van der Waals surface area contributed by atoms with Crippen LogP contribution in [0.2, 0.25) is 0 Å². The van der Waals surface area contributed by atoms with Gasteiger partial charge in [-0.25, -0.2) is 4.79 Å². The lowest BCUT2D eigenvalue weighted by atomic mass is 10.1. The van der Waals surface area contributed by atoms with Crippen molar-refractivity contribution < 1.29 is 14.3 Å². The van der Waals surface area contributed by atoms with Gasteiger partial charge in [0.2, 0.25) is 0 Å². The summed E-state index contributed by atoms with van der Waals surface area (Å²) in [4.78, 5) is 24.7. The predicted octanol–water partition coefficient (Wildman–Crippen LogP) is 0.786. The lowest BCUT2D eigenvalue weighted by Gasteiger charge is -2.26. The van der Waals surface area contributed by atoms with Gasteiger partial charge in [-0.05, 0) is 6.92 Å². The van der Waals surface area contributed by atoms with Crippen molar-refractivity contribution in [3.8, 4) is 0 Å². The highest BCUT2D eigenvalue weighted by atomic mass is 16.5. The van der Waals surface area contributed by atoms with E-state index in [4.69, 9.17) is 0 Å². The number of piperidine rings is 1. The number of Topliss-reactive ketones (excluding diaryl/α,β-unsaturated/α-hetero) is 1. The highest BCUT2D eigenvalue weighted by Gasteiger charge is 2.20. The molecule has 1 saturated heterocycles. The molecular formula is C12H17N3O3. The molecule has 98 valence electrons. The second-order valence-electron chi connectivity index (χ2n) is 4.40. The summed E-state index contributed by atoms with van der Waals surface area (Å²) in [5.41, 5.74) is 0.943. The third-order valence-electron chi connectivity index (χ3n) is 3.21. The molecule has 0 unspecified atom stereocenters. The summed E-state index contributed by atoms with van der Waals surface area (Å²) in [6.45, 7) is 3.18. The van der Waals surface area contributed by atoms with Crippen LogP contribution in [-0.2, 0) is 14.3 Å². The molecule has 0 amide bonds. The molecule has 2 rings (SSSR count). The summed E-state index contributed by atoms with van der Waals surface area (Å²) in [6, 6.07) is -0.435. The predicted molar refractivity (Wildman–Crippen MR) is 65.4 cm³/mol. The number of carbonyl (C=O) groups excluding carboxylic acids is 2. The average Bonchev–Trinajstić information content (AvgIpc) is 2.87. The Morgan fingerprint density at radius 2 is 2.11 bits per heavy atom. The number of ether oxygens (including phenoxy) is 1. The van der Waals surface area contributed by atoms with Crippen LogP contribution in [-0.4, -0.2) is 41.7 Å². The van der Waals surface area contributed by atoms with Gasteiger partial charge in [0.15, 0.2) is 0 Å². The number of hydrogen-bond donors (Lipinski definition) is 0. The molecule has 1 aromatic heterocycles. The fourth-order valence-electron chi connectivity index (χ4n) is 2.00. The van der Waals surface area contributed by atoms with Crippen molar-refractivity contribution in [2.75, 3.05) is 25.1 Å². The Balaban J connectivity index is 2.06. The second kappa shape index (κ2) is 5.20. The van der Waals surface area contributed by atoms with Crippen LogP contribution in [0, 0.1) is 0 Å². The van der Waals surface area contributed by atoms with E-state index in [1.165, 1.54) is 7.11 Å². The van der Waals surface area contributed by atoms with E-state index in [1.54, 1.807) is 17.8 Å². The van der Waals surface area contributed by atoms with Crippen molar-refractivity contribution in [3.05, 3.63) is 12.4 Å². The molecule has 0 aliphatic carbocycles. The molecule has 6 heteroatoms. The Hall–Kier alpha value is -1.85. The number of rotatable bonds is 3. The van der Waals surface area contributed by atoms with Gasteiger partial charge in [-0.1, -0.05) is 0 Å². The largest absolute Gasteiger partial charge is 0.467 e. The standard InChI is InChI=1S/C12H17N3O3/c1-9(12(17)18-2)15-8-10(7-13-15)14-5-3-11(16)4-6-14/h7-9H,3-6H2,1-2H3/t9-/m1/s1. The lowest BCUT2D eigenvalue weighted by Crippen LogP contribution is -2.33. The second-order valence-corrected chi connectivity index (χ2v) is 4.40. The van der Waals surface area contributed by atoms with Crippen LogP contribution < -0.4 is 4.90 Å². The molecule has 0 bridgehead atoms. The molecule has 1 atom stereocenters. The van der Waals surface area contributed by atoms with E-state index < -0.39 is 6.04 Å².